The van der Waals surface area contributed by atoms with Crippen molar-refractivity contribution in [1.82, 2.24) is 0 Å². The molecule has 0 bridgehead atoms. The average molecular weight is 476 g/mol. The molecule has 4 rings (SSSR count). The predicted molar refractivity (Wildman–Crippen MR) is 133 cm³/mol. The van der Waals surface area contributed by atoms with Gasteiger partial charge in [-0.2, -0.15) is 5.11 Å². The SMILES string of the molecule is COc1ccc(OC)c(NC(=O)c2cc3ccccc3c(N=Nc3cc(Cl)ccc3C)c2O)c1. The second kappa shape index (κ2) is 9.80. The van der Waals surface area contributed by atoms with E-state index in [0.717, 1.165) is 10.9 Å². The molecule has 172 valence electrons. The highest BCUT2D eigenvalue weighted by Crippen LogP contribution is 2.40. The van der Waals surface area contributed by atoms with E-state index in [2.05, 4.69) is 15.5 Å². The molecule has 0 aliphatic rings. The number of phenols is 1. The second-order valence-electron chi connectivity index (χ2n) is 7.49. The molecule has 2 N–H and O–H groups in total. The molecule has 7 nitrogen and oxygen atoms in total. The fraction of sp³-hybridized carbons (Fsp3) is 0.115. The molecule has 0 heterocycles. The number of azo groups is 1. The molecule has 8 heteroatoms. The topological polar surface area (TPSA) is 92.5 Å². The maximum atomic E-state index is 13.2. The van der Waals surface area contributed by atoms with Crippen molar-refractivity contribution >= 4 is 45.3 Å². The first-order valence-corrected chi connectivity index (χ1v) is 10.7. The van der Waals surface area contributed by atoms with Gasteiger partial charge in [0.25, 0.3) is 5.91 Å². The Balaban J connectivity index is 1.79. The number of carbonyl (C=O) groups excluding carboxylic acids is 1. The maximum Gasteiger partial charge on any atom is 0.259 e. The van der Waals surface area contributed by atoms with E-state index >= 15 is 0 Å². The highest BCUT2D eigenvalue weighted by atomic mass is 35.5. The summed E-state index contributed by atoms with van der Waals surface area (Å²) in [4.78, 5) is 13.2. The van der Waals surface area contributed by atoms with Crippen molar-refractivity contribution in [2.45, 2.75) is 6.92 Å². The Bertz CT molecular complexity index is 1420. The Morgan fingerprint density at radius 2 is 1.76 bits per heavy atom. The number of carbonyl (C=O) groups is 1. The number of benzene rings is 4. The van der Waals surface area contributed by atoms with Crippen molar-refractivity contribution in [3.05, 3.63) is 82.9 Å². The monoisotopic (exact) mass is 475 g/mol. The second-order valence-corrected chi connectivity index (χ2v) is 7.93. The molecule has 0 aromatic heterocycles. The van der Waals surface area contributed by atoms with Crippen LogP contribution in [0.15, 0.2) is 77.0 Å². The van der Waals surface area contributed by atoms with Crippen LogP contribution in [0.2, 0.25) is 5.02 Å². The van der Waals surface area contributed by atoms with E-state index in [1.54, 1.807) is 42.5 Å². The number of phenolic OH excluding ortho intramolecular Hbond substituents is 1. The number of rotatable bonds is 6. The standard InChI is InChI=1S/C26H22ClN3O4/c1-15-8-9-17(27)13-21(15)29-30-24-19-7-5-4-6-16(19)12-20(25(24)31)26(32)28-22-14-18(33-2)10-11-23(22)34-3/h4-14,31H,1-3H3,(H,28,32). The molecular weight excluding hydrogens is 454 g/mol. The molecule has 0 unspecified atom stereocenters. The van der Waals surface area contributed by atoms with E-state index in [4.69, 9.17) is 21.1 Å². The molecule has 0 aliphatic heterocycles. The van der Waals surface area contributed by atoms with Gasteiger partial charge in [0.2, 0.25) is 0 Å². The zero-order chi connectivity index (χ0) is 24.2. The van der Waals surface area contributed by atoms with Gasteiger partial charge in [-0.3, -0.25) is 4.79 Å². The van der Waals surface area contributed by atoms with Crippen LogP contribution in [0.4, 0.5) is 17.1 Å². The zero-order valence-corrected chi connectivity index (χ0v) is 19.6. The average Bonchev–Trinajstić information content (AvgIpc) is 2.85. The van der Waals surface area contributed by atoms with Crippen molar-refractivity contribution in [3.63, 3.8) is 0 Å². The molecule has 0 atom stereocenters. The van der Waals surface area contributed by atoms with Gasteiger partial charge in [0.05, 0.1) is 31.2 Å². The third-order valence-corrected chi connectivity index (χ3v) is 5.56. The number of hydrogen-bond acceptors (Lipinski definition) is 6. The third kappa shape index (κ3) is 4.65. The Hall–Kier alpha value is -4.10. The Morgan fingerprint density at radius 3 is 2.53 bits per heavy atom. The molecule has 1 amide bonds. The lowest BCUT2D eigenvalue weighted by Gasteiger charge is -2.14. The summed E-state index contributed by atoms with van der Waals surface area (Å²) in [5.74, 6) is 0.169. The van der Waals surface area contributed by atoms with Gasteiger partial charge in [-0.15, -0.1) is 5.11 Å². The number of hydrogen-bond donors (Lipinski definition) is 2. The van der Waals surface area contributed by atoms with E-state index in [9.17, 15) is 9.90 Å². The largest absolute Gasteiger partial charge is 0.505 e. The highest BCUT2D eigenvalue weighted by molar-refractivity contribution is 6.30. The normalized spacial score (nSPS) is 11.1. The van der Waals surface area contributed by atoms with Gasteiger partial charge in [-0.05, 0) is 48.2 Å². The number of ether oxygens (including phenoxy) is 2. The van der Waals surface area contributed by atoms with E-state index < -0.39 is 5.91 Å². The zero-order valence-electron chi connectivity index (χ0n) is 18.8. The van der Waals surface area contributed by atoms with Gasteiger partial charge in [0.1, 0.15) is 17.2 Å². The summed E-state index contributed by atoms with van der Waals surface area (Å²) in [5.41, 5.74) is 2.06. The number of methoxy groups -OCH3 is 2. The minimum atomic E-state index is -0.537. The molecule has 4 aromatic rings. The highest BCUT2D eigenvalue weighted by Gasteiger charge is 2.20. The Kier molecular flexibility index (Phi) is 6.65. The first kappa shape index (κ1) is 23.1. The molecule has 34 heavy (non-hydrogen) atoms. The van der Waals surface area contributed by atoms with Crippen LogP contribution in [0.5, 0.6) is 17.2 Å². The van der Waals surface area contributed by atoms with Crippen molar-refractivity contribution in [3.8, 4) is 17.2 Å². The first-order valence-electron chi connectivity index (χ1n) is 10.4. The van der Waals surface area contributed by atoms with Gasteiger partial charge < -0.3 is 19.9 Å². The predicted octanol–water partition coefficient (Wildman–Crippen LogP) is 7.19. The molecule has 0 aliphatic carbocycles. The number of amides is 1. The van der Waals surface area contributed by atoms with E-state index in [0.29, 0.717) is 33.3 Å². The summed E-state index contributed by atoms with van der Waals surface area (Å²) in [6, 6.07) is 19.2. The lowest BCUT2D eigenvalue weighted by Crippen LogP contribution is -2.13. The summed E-state index contributed by atoms with van der Waals surface area (Å²) in [6.45, 7) is 1.88. The van der Waals surface area contributed by atoms with E-state index in [1.165, 1.54) is 14.2 Å². The summed E-state index contributed by atoms with van der Waals surface area (Å²) in [7, 11) is 3.03. The van der Waals surface area contributed by atoms with Gasteiger partial charge in [-0.1, -0.05) is 41.9 Å². The van der Waals surface area contributed by atoms with Crippen molar-refractivity contribution in [2.24, 2.45) is 10.2 Å². The Morgan fingerprint density at radius 1 is 0.971 bits per heavy atom. The van der Waals surface area contributed by atoms with E-state index in [-0.39, 0.29) is 17.0 Å². The number of aryl methyl sites for hydroxylation is 1. The molecule has 0 radical (unpaired) electrons. The van der Waals surface area contributed by atoms with Crippen LogP contribution in [0.1, 0.15) is 15.9 Å². The van der Waals surface area contributed by atoms with Crippen LogP contribution in [-0.2, 0) is 0 Å². The van der Waals surface area contributed by atoms with Crippen molar-refractivity contribution < 1.29 is 19.4 Å². The van der Waals surface area contributed by atoms with Crippen molar-refractivity contribution in [1.29, 1.82) is 0 Å². The number of nitrogens with one attached hydrogen (secondary N) is 1. The number of aromatic hydroxyl groups is 1. The molecule has 0 saturated carbocycles. The lowest BCUT2D eigenvalue weighted by molar-refractivity contribution is 0.102. The summed E-state index contributed by atoms with van der Waals surface area (Å²) in [5, 5.41) is 24.3. The molecule has 4 aromatic carbocycles. The smallest absolute Gasteiger partial charge is 0.259 e. The number of fused-ring (bicyclic) bond motifs is 1. The fourth-order valence-corrected chi connectivity index (χ4v) is 3.65. The van der Waals surface area contributed by atoms with Crippen LogP contribution in [0, 0.1) is 6.92 Å². The molecule has 0 saturated heterocycles. The van der Waals surface area contributed by atoms with Crippen LogP contribution < -0.4 is 14.8 Å². The molecule has 0 spiro atoms. The molecular formula is C26H22ClN3O4. The van der Waals surface area contributed by atoms with Gasteiger partial charge in [0.15, 0.2) is 5.75 Å². The third-order valence-electron chi connectivity index (χ3n) is 5.32. The van der Waals surface area contributed by atoms with Gasteiger partial charge in [-0.25, -0.2) is 0 Å². The van der Waals surface area contributed by atoms with Gasteiger partial charge in [0, 0.05) is 16.5 Å². The minimum absolute atomic E-state index is 0.0420. The number of halogens is 1. The van der Waals surface area contributed by atoms with Gasteiger partial charge >= 0.3 is 0 Å². The molecule has 0 fully saturated rings. The van der Waals surface area contributed by atoms with Crippen LogP contribution in [0.3, 0.4) is 0 Å². The summed E-state index contributed by atoms with van der Waals surface area (Å²) in [6.07, 6.45) is 0. The van der Waals surface area contributed by atoms with Crippen LogP contribution in [-0.4, -0.2) is 25.2 Å². The first-order chi connectivity index (χ1) is 16.4. The number of anilines is 1. The quantitative estimate of drug-likeness (QED) is 0.288. The number of nitrogens with zero attached hydrogens (tertiary/aromatic N) is 2. The minimum Gasteiger partial charge on any atom is -0.505 e. The summed E-state index contributed by atoms with van der Waals surface area (Å²) < 4.78 is 10.6. The summed E-state index contributed by atoms with van der Waals surface area (Å²) >= 11 is 6.09. The maximum absolute atomic E-state index is 13.2. The van der Waals surface area contributed by atoms with Crippen LogP contribution in [0.25, 0.3) is 10.8 Å². The lowest BCUT2D eigenvalue weighted by atomic mass is 10.0. The fourth-order valence-electron chi connectivity index (χ4n) is 3.49. The van der Waals surface area contributed by atoms with E-state index in [1.807, 2.05) is 31.2 Å². The van der Waals surface area contributed by atoms with Crippen molar-refractivity contribution in [2.75, 3.05) is 19.5 Å². The van der Waals surface area contributed by atoms with Crippen LogP contribution >= 0.6 is 11.6 Å². The Labute approximate surface area is 201 Å².